The molecule has 0 fully saturated rings. The molecule has 0 spiro atoms. The van der Waals surface area contributed by atoms with Gasteiger partial charge in [-0.1, -0.05) is 24.3 Å². The molecule has 3 nitrogen and oxygen atoms in total. The van der Waals surface area contributed by atoms with E-state index in [0.717, 1.165) is 16.9 Å². The Labute approximate surface area is 135 Å². The van der Waals surface area contributed by atoms with Gasteiger partial charge in [-0.3, -0.25) is 11.3 Å². The van der Waals surface area contributed by atoms with E-state index in [9.17, 15) is 0 Å². The third-order valence-electron chi connectivity index (χ3n) is 3.17. The largest absolute Gasteiger partial charge is 0.271 e. The lowest BCUT2D eigenvalue weighted by Gasteiger charge is -2.15. The molecular formula is C15H14IN3S. The van der Waals surface area contributed by atoms with Crippen LogP contribution < -0.4 is 11.3 Å². The van der Waals surface area contributed by atoms with Crippen LogP contribution in [0, 0.1) is 3.57 Å². The van der Waals surface area contributed by atoms with Gasteiger partial charge in [0.25, 0.3) is 0 Å². The molecule has 5 heteroatoms. The van der Waals surface area contributed by atoms with Gasteiger partial charge in [0.2, 0.25) is 0 Å². The number of nitrogens with zero attached hydrogens (tertiary/aromatic N) is 1. The molecule has 0 aliphatic carbocycles. The Hall–Kier alpha value is -1.02. The SMILES string of the molecule is NNC(Cc1nc2ccccc2s1)c1cccc(I)c1. The van der Waals surface area contributed by atoms with Crippen molar-refractivity contribution in [2.75, 3.05) is 0 Å². The first-order chi connectivity index (χ1) is 9.76. The zero-order valence-corrected chi connectivity index (χ0v) is 13.7. The maximum atomic E-state index is 5.72. The van der Waals surface area contributed by atoms with E-state index in [1.165, 1.54) is 13.8 Å². The fourth-order valence-electron chi connectivity index (χ4n) is 2.18. The van der Waals surface area contributed by atoms with Gasteiger partial charge in [0.1, 0.15) is 0 Å². The van der Waals surface area contributed by atoms with Gasteiger partial charge in [-0.05, 0) is 52.4 Å². The molecule has 0 aliphatic rings. The van der Waals surface area contributed by atoms with E-state index < -0.39 is 0 Å². The molecule has 0 amide bonds. The van der Waals surface area contributed by atoms with Crippen LogP contribution in [-0.4, -0.2) is 4.98 Å². The van der Waals surface area contributed by atoms with Crippen LogP contribution in [0.2, 0.25) is 0 Å². The Morgan fingerprint density at radius 1 is 1.20 bits per heavy atom. The molecule has 0 aliphatic heterocycles. The topological polar surface area (TPSA) is 50.9 Å². The second-order valence-corrected chi connectivity index (χ2v) is 6.91. The van der Waals surface area contributed by atoms with Gasteiger partial charge >= 0.3 is 0 Å². The number of aromatic nitrogens is 1. The number of para-hydroxylation sites is 1. The van der Waals surface area contributed by atoms with Crippen LogP contribution >= 0.6 is 33.9 Å². The van der Waals surface area contributed by atoms with Crippen LogP contribution in [-0.2, 0) is 6.42 Å². The smallest absolute Gasteiger partial charge is 0.0958 e. The number of hydrogen-bond acceptors (Lipinski definition) is 4. The molecule has 0 saturated carbocycles. The molecule has 0 radical (unpaired) electrons. The molecule has 102 valence electrons. The Bertz CT molecular complexity index is 693. The van der Waals surface area contributed by atoms with Gasteiger partial charge in [-0.25, -0.2) is 4.98 Å². The van der Waals surface area contributed by atoms with Crippen molar-refractivity contribution >= 4 is 44.1 Å². The summed E-state index contributed by atoms with van der Waals surface area (Å²) < 4.78 is 2.44. The molecule has 0 bridgehead atoms. The fourth-order valence-corrected chi connectivity index (χ4v) is 3.76. The van der Waals surface area contributed by atoms with Crippen molar-refractivity contribution in [2.24, 2.45) is 5.84 Å². The Morgan fingerprint density at radius 2 is 2.05 bits per heavy atom. The van der Waals surface area contributed by atoms with Gasteiger partial charge in [0, 0.05) is 9.99 Å². The Balaban J connectivity index is 1.87. The molecule has 20 heavy (non-hydrogen) atoms. The minimum absolute atomic E-state index is 0.0882. The minimum Gasteiger partial charge on any atom is -0.271 e. The summed E-state index contributed by atoms with van der Waals surface area (Å²) in [6.07, 6.45) is 0.802. The second kappa shape index (κ2) is 6.17. The van der Waals surface area contributed by atoms with E-state index in [1.807, 2.05) is 18.2 Å². The average Bonchev–Trinajstić information content (AvgIpc) is 2.87. The molecule has 0 saturated heterocycles. The van der Waals surface area contributed by atoms with E-state index in [0.29, 0.717) is 0 Å². The first kappa shape index (κ1) is 13.9. The van der Waals surface area contributed by atoms with Crippen LogP contribution in [0.3, 0.4) is 0 Å². The van der Waals surface area contributed by atoms with Crippen LogP contribution in [0.1, 0.15) is 16.6 Å². The lowest BCUT2D eigenvalue weighted by molar-refractivity contribution is 0.551. The van der Waals surface area contributed by atoms with E-state index >= 15 is 0 Å². The maximum absolute atomic E-state index is 5.72. The minimum atomic E-state index is 0.0882. The number of hydrogen-bond donors (Lipinski definition) is 2. The number of benzene rings is 2. The van der Waals surface area contributed by atoms with Gasteiger partial charge in [-0.15, -0.1) is 11.3 Å². The van der Waals surface area contributed by atoms with Crippen molar-refractivity contribution in [3.63, 3.8) is 0 Å². The monoisotopic (exact) mass is 395 g/mol. The van der Waals surface area contributed by atoms with Crippen molar-refractivity contribution in [1.29, 1.82) is 0 Å². The highest BCUT2D eigenvalue weighted by Gasteiger charge is 2.13. The van der Waals surface area contributed by atoms with Crippen molar-refractivity contribution in [3.05, 3.63) is 62.7 Å². The first-order valence-electron chi connectivity index (χ1n) is 6.32. The molecule has 1 aromatic heterocycles. The number of thiazole rings is 1. The number of nitrogens with one attached hydrogen (secondary N) is 1. The summed E-state index contributed by atoms with van der Waals surface area (Å²) in [5, 5.41) is 1.10. The van der Waals surface area contributed by atoms with Gasteiger partial charge in [0.15, 0.2) is 0 Å². The first-order valence-corrected chi connectivity index (χ1v) is 8.22. The summed E-state index contributed by atoms with van der Waals surface area (Å²) in [4.78, 5) is 4.67. The van der Waals surface area contributed by atoms with E-state index in [1.54, 1.807) is 11.3 Å². The van der Waals surface area contributed by atoms with Gasteiger partial charge in [0.05, 0.1) is 21.3 Å². The predicted octanol–water partition coefficient (Wildman–Crippen LogP) is 3.65. The summed E-state index contributed by atoms with van der Waals surface area (Å²) in [5.41, 5.74) is 5.16. The summed E-state index contributed by atoms with van der Waals surface area (Å²) in [5.74, 6) is 5.72. The number of fused-ring (bicyclic) bond motifs is 1. The van der Waals surface area contributed by atoms with Crippen molar-refractivity contribution < 1.29 is 0 Å². The highest BCUT2D eigenvalue weighted by Crippen LogP contribution is 2.26. The summed E-state index contributed by atoms with van der Waals surface area (Å²) in [7, 11) is 0. The zero-order valence-electron chi connectivity index (χ0n) is 10.7. The van der Waals surface area contributed by atoms with E-state index in [2.05, 4.69) is 63.3 Å². The van der Waals surface area contributed by atoms with Gasteiger partial charge in [-0.2, -0.15) is 0 Å². The Morgan fingerprint density at radius 3 is 2.80 bits per heavy atom. The quantitative estimate of drug-likeness (QED) is 0.403. The Kier molecular flexibility index (Phi) is 4.30. The number of halogens is 1. The van der Waals surface area contributed by atoms with Crippen molar-refractivity contribution in [3.8, 4) is 0 Å². The average molecular weight is 395 g/mol. The van der Waals surface area contributed by atoms with Gasteiger partial charge < -0.3 is 0 Å². The molecule has 3 rings (SSSR count). The maximum Gasteiger partial charge on any atom is 0.0958 e. The standard InChI is InChI=1S/C15H14IN3S/c16-11-5-3-4-10(8-11)13(19-17)9-15-18-12-6-1-2-7-14(12)20-15/h1-8,13,19H,9,17H2. The molecular weight excluding hydrogens is 381 g/mol. The second-order valence-electron chi connectivity index (χ2n) is 4.55. The molecule has 1 unspecified atom stereocenters. The van der Waals surface area contributed by atoms with Crippen molar-refractivity contribution in [2.45, 2.75) is 12.5 Å². The lowest BCUT2D eigenvalue weighted by Crippen LogP contribution is -2.29. The highest BCUT2D eigenvalue weighted by molar-refractivity contribution is 14.1. The molecule has 1 heterocycles. The van der Waals surface area contributed by atoms with Crippen LogP contribution in [0.15, 0.2) is 48.5 Å². The van der Waals surface area contributed by atoms with E-state index in [-0.39, 0.29) is 6.04 Å². The highest BCUT2D eigenvalue weighted by atomic mass is 127. The van der Waals surface area contributed by atoms with E-state index in [4.69, 9.17) is 5.84 Å². The molecule has 2 aromatic carbocycles. The summed E-state index contributed by atoms with van der Waals surface area (Å²) in [6.45, 7) is 0. The van der Waals surface area contributed by atoms with Crippen LogP contribution in [0.4, 0.5) is 0 Å². The summed E-state index contributed by atoms with van der Waals surface area (Å²) >= 11 is 4.05. The predicted molar refractivity (Wildman–Crippen MR) is 92.5 cm³/mol. The number of rotatable bonds is 4. The van der Waals surface area contributed by atoms with Crippen molar-refractivity contribution in [1.82, 2.24) is 10.4 Å². The number of nitrogens with two attached hydrogens (primary N) is 1. The number of hydrazine groups is 1. The molecule has 3 N–H and O–H groups in total. The third kappa shape index (κ3) is 3.01. The summed E-state index contributed by atoms with van der Waals surface area (Å²) in [6, 6.07) is 16.7. The normalized spacial score (nSPS) is 12.7. The lowest BCUT2D eigenvalue weighted by atomic mass is 10.1. The fraction of sp³-hybridized carbons (Fsp3) is 0.133. The molecule has 1 atom stereocenters. The third-order valence-corrected chi connectivity index (χ3v) is 4.90. The van der Waals surface area contributed by atoms with Crippen LogP contribution in [0.25, 0.3) is 10.2 Å². The van der Waals surface area contributed by atoms with Crippen LogP contribution in [0.5, 0.6) is 0 Å². The molecule has 3 aromatic rings. The zero-order chi connectivity index (χ0) is 13.9.